The molecule has 0 saturated heterocycles. The third-order valence-electron chi connectivity index (χ3n) is 3.80. The van der Waals surface area contributed by atoms with Crippen LogP contribution in [-0.4, -0.2) is 16.0 Å². The van der Waals surface area contributed by atoms with Crippen molar-refractivity contribution in [2.75, 3.05) is 10.6 Å². The fraction of sp³-hybridized carbons (Fsp3) is 0.375. The lowest BCUT2D eigenvalue weighted by molar-refractivity contribution is -0.141. The van der Waals surface area contributed by atoms with Gasteiger partial charge in [0.25, 0.3) is 0 Å². The Morgan fingerprint density at radius 1 is 1.08 bits per heavy atom. The van der Waals surface area contributed by atoms with Crippen molar-refractivity contribution < 1.29 is 13.2 Å². The minimum atomic E-state index is -4.53. The van der Waals surface area contributed by atoms with Gasteiger partial charge in [-0.05, 0) is 31.0 Å². The van der Waals surface area contributed by atoms with Gasteiger partial charge in [-0.15, -0.1) is 0 Å². The number of alkyl halides is 3. The van der Waals surface area contributed by atoms with Crippen LogP contribution in [0.2, 0.25) is 0 Å². The molecule has 1 aromatic heterocycles. The number of anilines is 3. The van der Waals surface area contributed by atoms with Crippen molar-refractivity contribution in [2.45, 2.75) is 37.9 Å². The van der Waals surface area contributed by atoms with Crippen molar-refractivity contribution in [2.24, 2.45) is 0 Å². The predicted molar refractivity (Wildman–Crippen MR) is 90.3 cm³/mol. The maximum atomic E-state index is 13.1. The summed E-state index contributed by atoms with van der Waals surface area (Å²) in [5.74, 6) is 0.116. The van der Waals surface area contributed by atoms with Crippen molar-refractivity contribution >= 4 is 33.4 Å². The third kappa shape index (κ3) is 4.37. The second-order valence-corrected chi connectivity index (χ2v) is 6.64. The smallest absolute Gasteiger partial charge is 0.351 e. The second-order valence-electron chi connectivity index (χ2n) is 5.72. The average molecular weight is 401 g/mol. The monoisotopic (exact) mass is 400 g/mol. The molecule has 2 N–H and O–H groups in total. The van der Waals surface area contributed by atoms with Gasteiger partial charge in [0.05, 0.1) is 0 Å². The first-order valence-electron chi connectivity index (χ1n) is 7.65. The zero-order chi connectivity index (χ0) is 17.2. The van der Waals surface area contributed by atoms with E-state index in [4.69, 9.17) is 0 Å². The summed E-state index contributed by atoms with van der Waals surface area (Å²) in [6.45, 7) is 0. The van der Waals surface area contributed by atoms with E-state index in [2.05, 4.69) is 36.5 Å². The van der Waals surface area contributed by atoms with E-state index in [1.165, 1.54) is 0 Å². The van der Waals surface area contributed by atoms with Gasteiger partial charge in [0.2, 0.25) is 5.95 Å². The lowest BCUT2D eigenvalue weighted by Gasteiger charge is -2.15. The summed E-state index contributed by atoms with van der Waals surface area (Å²) in [6, 6.07) is 8.19. The van der Waals surface area contributed by atoms with Crippen LogP contribution in [0.4, 0.5) is 30.6 Å². The molecular weight excluding hydrogens is 385 g/mol. The summed E-state index contributed by atoms with van der Waals surface area (Å²) in [5.41, 5.74) is -0.321. The van der Waals surface area contributed by atoms with Crippen molar-refractivity contribution in [1.82, 2.24) is 9.97 Å². The first-order valence-corrected chi connectivity index (χ1v) is 8.45. The third-order valence-corrected chi connectivity index (χ3v) is 4.30. The largest absolute Gasteiger partial charge is 0.433 e. The first kappa shape index (κ1) is 17.0. The Balaban J connectivity index is 1.88. The van der Waals surface area contributed by atoms with E-state index >= 15 is 0 Å². The van der Waals surface area contributed by atoms with E-state index in [-0.39, 0.29) is 17.8 Å². The molecule has 4 nitrogen and oxygen atoms in total. The topological polar surface area (TPSA) is 49.8 Å². The lowest BCUT2D eigenvalue weighted by Crippen LogP contribution is -2.19. The molecule has 128 valence electrons. The number of hydrogen-bond acceptors (Lipinski definition) is 4. The van der Waals surface area contributed by atoms with Crippen LogP contribution in [0.25, 0.3) is 0 Å². The van der Waals surface area contributed by atoms with Crippen molar-refractivity contribution in [1.29, 1.82) is 0 Å². The van der Waals surface area contributed by atoms with Crippen LogP contribution in [-0.2, 0) is 6.18 Å². The summed E-state index contributed by atoms with van der Waals surface area (Å²) in [7, 11) is 0. The number of hydrogen-bond donors (Lipinski definition) is 2. The van der Waals surface area contributed by atoms with Crippen LogP contribution in [0.15, 0.2) is 34.8 Å². The average Bonchev–Trinajstić information content (AvgIpc) is 2.99. The summed E-state index contributed by atoms with van der Waals surface area (Å²) in [6.07, 6.45) is -0.537. The van der Waals surface area contributed by atoms with Gasteiger partial charge in [-0.25, -0.2) is 4.98 Å². The lowest BCUT2D eigenvalue weighted by atomic mass is 10.2. The molecule has 1 aromatic carbocycles. The standard InChI is InChI=1S/C16H16BrF3N4/c17-10-4-3-7-12(8-10)21-14-9-13(16(18,19)20)23-15(24-14)22-11-5-1-2-6-11/h3-4,7-9,11H,1-2,5-6H2,(H2,21,22,23,24). The van der Waals surface area contributed by atoms with Gasteiger partial charge < -0.3 is 10.6 Å². The molecular formula is C16H16BrF3N4. The molecule has 0 amide bonds. The van der Waals surface area contributed by atoms with Crippen LogP contribution in [0.5, 0.6) is 0 Å². The molecule has 2 aromatic rings. The minimum absolute atomic E-state index is 0.00854. The van der Waals surface area contributed by atoms with Gasteiger partial charge in [-0.2, -0.15) is 18.2 Å². The highest BCUT2D eigenvalue weighted by molar-refractivity contribution is 9.10. The minimum Gasteiger partial charge on any atom is -0.351 e. The number of halogens is 4. The van der Waals surface area contributed by atoms with E-state index in [0.717, 1.165) is 36.2 Å². The van der Waals surface area contributed by atoms with Gasteiger partial charge in [0, 0.05) is 22.3 Å². The van der Waals surface area contributed by atoms with Crippen LogP contribution in [0.3, 0.4) is 0 Å². The Morgan fingerprint density at radius 2 is 1.83 bits per heavy atom. The Morgan fingerprint density at radius 3 is 2.50 bits per heavy atom. The van der Waals surface area contributed by atoms with Crippen molar-refractivity contribution in [3.63, 3.8) is 0 Å². The van der Waals surface area contributed by atoms with Crippen LogP contribution < -0.4 is 10.6 Å². The van der Waals surface area contributed by atoms with Crippen molar-refractivity contribution in [3.05, 3.63) is 40.5 Å². The van der Waals surface area contributed by atoms with Gasteiger partial charge in [0.1, 0.15) is 5.82 Å². The summed E-state index contributed by atoms with van der Waals surface area (Å²) >= 11 is 3.33. The SMILES string of the molecule is FC(F)(F)c1cc(Nc2cccc(Br)c2)nc(NC2CCCC2)n1. The van der Waals surface area contributed by atoms with E-state index in [1.807, 2.05) is 6.07 Å². The maximum absolute atomic E-state index is 13.1. The summed E-state index contributed by atoms with van der Waals surface area (Å²) in [5, 5.41) is 5.92. The number of aromatic nitrogens is 2. The van der Waals surface area contributed by atoms with Crippen molar-refractivity contribution in [3.8, 4) is 0 Å². The quantitative estimate of drug-likeness (QED) is 0.725. The summed E-state index contributed by atoms with van der Waals surface area (Å²) in [4.78, 5) is 7.82. The zero-order valence-corrected chi connectivity index (χ0v) is 14.3. The van der Waals surface area contributed by atoms with E-state index in [9.17, 15) is 13.2 Å². The Bertz CT molecular complexity index is 715. The molecule has 1 heterocycles. The molecule has 0 atom stereocenters. The van der Waals surface area contributed by atoms with E-state index in [0.29, 0.717) is 5.69 Å². The molecule has 1 aliphatic carbocycles. The van der Waals surface area contributed by atoms with E-state index < -0.39 is 11.9 Å². The van der Waals surface area contributed by atoms with Gasteiger partial charge >= 0.3 is 6.18 Å². The molecule has 3 rings (SSSR count). The van der Waals surface area contributed by atoms with Crippen LogP contribution in [0.1, 0.15) is 31.4 Å². The number of benzene rings is 1. The number of nitrogens with zero attached hydrogens (tertiary/aromatic N) is 2. The van der Waals surface area contributed by atoms with Crippen LogP contribution in [0, 0.1) is 0 Å². The molecule has 1 saturated carbocycles. The molecule has 0 bridgehead atoms. The Hall–Kier alpha value is -1.83. The molecule has 1 aliphatic rings. The van der Waals surface area contributed by atoms with E-state index in [1.54, 1.807) is 18.2 Å². The molecule has 0 radical (unpaired) electrons. The number of rotatable bonds is 4. The zero-order valence-electron chi connectivity index (χ0n) is 12.7. The number of nitrogens with one attached hydrogen (secondary N) is 2. The first-order chi connectivity index (χ1) is 11.4. The fourth-order valence-electron chi connectivity index (χ4n) is 2.69. The highest BCUT2D eigenvalue weighted by Crippen LogP contribution is 2.31. The van der Waals surface area contributed by atoms with Crippen LogP contribution >= 0.6 is 15.9 Å². The van der Waals surface area contributed by atoms with Gasteiger partial charge in [0.15, 0.2) is 5.69 Å². The van der Waals surface area contributed by atoms with Gasteiger partial charge in [-0.3, -0.25) is 0 Å². The fourth-order valence-corrected chi connectivity index (χ4v) is 3.09. The normalized spacial score (nSPS) is 15.5. The molecule has 0 spiro atoms. The molecule has 8 heteroatoms. The maximum Gasteiger partial charge on any atom is 0.433 e. The Kier molecular flexibility index (Phi) is 4.93. The highest BCUT2D eigenvalue weighted by atomic mass is 79.9. The molecule has 1 fully saturated rings. The molecule has 0 unspecified atom stereocenters. The summed E-state index contributed by atoms with van der Waals surface area (Å²) < 4.78 is 40.2. The second kappa shape index (κ2) is 6.96. The molecule has 0 aliphatic heterocycles. The van der Waals surface area contributed by atoms with Gasteiger partial charge in [-0.1, -0.05) is 34.8 Å². The predicted octanol–water partition coefficient (Wildman–Crippen LogP) is 5.36. The molecule has 24 heavy (non-hydrogen) atoms. The highest BCUT2D eigenvalue weighted by Gasteiger charge is 2.34. The Labute approximate surface area is 146 Å².